The maximum absolute atomic E-state index is 12.2. The number of aromatic carboxylic acids is 1. The first-order valence-corrected chi connectivity index (χ1v) is 8.52. The number of nitrogens with zero attached hydrogens (tertiary/aromatic N) is 1. The quantitative estimate of drug-likeness (QED) is 0.600. The van der Waals surface area contributed by atoms with Crippen LogP contribution in [0.25, 0.3) is 17.4 Å². The second kappa shape index (κ2) is 8.34. The van der Waals surface area contributed by atoms with Crippen LogP contribution in [0.5, 0.6) is 0 Å². The fourth-order valence-corrected chi connectivity index (χ4v) is 2.76. The molecule has 1 aliphatic rings. The van der Waals surface area contributed by atoms with Gasteiger partial charge in [-0.3, -0.25) is 4.79 Å². The van der Waals surface area contributed by atoms with E-state index in [1.807, 2.05) is 6.07 Å². The van der Waals surface area contributed by atoms with Gasteiger partial charge in [0.25, 0.3) is 5.91 Å². The number of nitrogens with one attached hydrogen (secondary N) is 1. The summed E-state index contributed by atoms with van der Waals surface area (Å²) in [5, 5.41) is 20.9. The first-order valence-electron chi connectivity index (χ1n) is 8.52. The van der Waals surface area contributed by atoms with Gasteiger partial charge in [0.2, 0.25) is 0 Å². The molecular formula is C20H18N2O5. The van der Waals surface area contributed by atoms with Gasteiger partial charge in [-0.15, -0.1) is 0 Å². The summed E-state index contributed by atoms with van der Waals surface area (Å²) in [5.74, 6) is -0.611. The summed E-state index contributed by atoms with van der Waals surface area (Å²) in [6.07, 6.45) is 3.25. The average molecular weight is 366 g/mol. The molecule has 7 heteroatoms. The van der Waals surface area contributed by atoms with Gasteiger partial charge >= 0.3 is 5.97 Å². The van der Waals surface area contributed by atoms with Crippen LogP contribution in [-0.2, 0) is 9.53 Å². The molecule has 1 amide bonds. The van der Waals surface area contributed by atoms with Crippen molar-refractivity contribution >= 4 is 18.0 Å². The van der Waals surface area contributed by atoms with E-state index in [1.165, 1.54) is 18.2 Å². The van der Waals surface area contributed by atoms with Crippen LogP contribution in [0, 0.1) is 11.3 Å². The Balaban J connectivity index is 1.69. The number of carboxylic acids is 1. The topological polar surface area (TPSA) is 113 Å². The molecule has 1 fully saturated rings. The van der Waals surface area contributed by atoms with Crippen molar-refractivity contribution in [2.75, 3.05) is 13.2 Å². The minimum Gasteiger partial charge on any atom is -0.478 e. The van der Waals surface area contributed by atoms with Crippen LogP contribution in [0.3, 0.4) is 0 Å². The van der Waals surface area contributed by atoms with E-state index in [0.29, 0.717) is 30.2 Å². The third-order valence-electron chi connectivity index (χ3n) is 4.21. The summed E-state index contributed by atoms with van der Waals surface area (Å²) in [6, 6.07) is 11.4. The van der Waals surface area contributed by atoms with Crippen LogP contribution in [-0.4, -0.2) is 36.2 Å². The number of furan rings is 1. The molecule has 1 atom stereocenters. The molecule has 0 unspecified atom stereocenters. The monoisotopic (exact) mass is 366 g/mol. The highest BCUT2D eigenvalue weighted by molar-refractivity contribution is 6.01. The SMILES string of the molecule is N#C/C(=C/c1ccc(-c2ccc(C(=O)O)cc2)o1)C(=O)NC[C@@H]1CCCO1. The fourth-order valence-electron chi connectivity index (χ4n) is 2.76. The van der Waals surface area contributed by atoms with Crippen molar-refractivity contribution in [1.82, 2.24) is 5.32 Å². The zero-order valence-electron chi connectivity index (χ0n) is 14.5. The number of amides is 1. The standard InChI is InChI=1S/C20H18N2O5/c21-11-15(19(23)22-12-17-2-1-9-26-17)10-16-7-8-18(27-16)13-3-5-14(6-4-13)20(24)25/h3-8,10,17H,1-2,9,12H2,(H,22,23)(H,24,25)/b15-10-/t17-/m0/s1. The van der Waals surface area contributed by atoms with Gasteiger partial charge in [-0.25, -0.2) is 4.79 Å². The molecule has 1 aromatic heterocycles. The van der Waals surface area contributed by atoms with Crippen molar-refractivity contribution in [3.8, 4) is 17.4 Å². The van der Waals surface area contributed by atoms with Crippen LogP contribution in [0.15, 0.2) is 46.4 Å². The second-order valence-corrected chi connectivity index (χ2v) is 6.10. The lowest BCUT2D eigenvalue weighted by molar-refractivity contribution is -0.117. The molecule has 0 bridgehead atoms. The smallest absolute Gasteiger partial charge is 0.335 e. The highest BCUT2D eigenvalue weighted by Gasteiger charge is 2.18. The maximum Gasteiger partial charge on any atom is 0.335 e. The van der Waals surface area contributed by atoms with Crippen LogP contribution >= 0.6 is 0 Å². The van der Waals surface area contributed by atoms with Gasteiger partial charge in [-0.2, -0.15) is 5.26 Å². The summed E-state index contributed by atoms with van der Waals surface area (Å²) in [6.45, 7) is 1.07. The van der Waals surface area contributed by atoms with Crippen molar-refractivity contribution in [3.63, 3.8) is 0 Å². The lowest BCUT2D eigenvalue weighted by Crippen LogP contribution is -2.32. The number of carbonyl (C=O) groups excluding carboxylic acids is 1. The van der Waals surface area contributed by atoms with E-state index in [4.69, 9.17) is 14.3 Å². The van der Waals surface area contributed by atoms with E-state index >= 15 is 0 Å². The second-order valence-electron chi connectivity index (χ2n) is 6.10. The van der Waals surface area contributed by atoms with Gasteiger partial charge in [0, 0.05) is 24.8 Å². The fraction of sp³-hybridized carbons (Fsp3) is 0.250. The summed E-state index contributed by atoms with van der Waals surface area (Å²) in [5.41, 5.74) is 0.816. The zero-order valence-corrected chi connectivity index (χ0v) is 14.5. The summed E-state index contributed by atoms with van der Waals surface area (Å²) in [7, 11) is 0. The molecular weight excluding hydrogens is 348 g/mol. The number of nitriles is 1. The molecule has 138 valence electrons. The predicted octanol–water partition coefficient (Wildman–Crippen LogP) is 2.85. The van der Waals surface area contributed by atoms with Crippen LogP contribution in [0.1, 0.15) is 29.0 Å². The Labute approximate surface area is 155 Å². The van der Waals surface area contributed by atoms with Crippen molar-refractivity contribution in [2.24, 2.45) is 0 Å². The van der Waals surface area contributed by atoms with E-state index in [9.17, 15) is 14.9 Å². The lowest BCUT2D eigenvalue weighted by Gasteiger charge is -2.09. The van der Waals surface area contributed by atoms with Gasteiger partial charge in [-0.1, -0.05) is 12.1 Å². The molecule has 2 heterocycles. The third-order valence-corrected chi connectivity index (χ3v) is 4.21. The molecule has 2 N–H and O–H groups in total. The maximum atomic E-state index is 12.2. The van der Waals surface area contributed by atoms with Crippen molar-refractivity contribution in [2.45, 2.75) is 18.9 Å². The first kappa shape index (κ1) is 18.4. The summed E-state index contributed by atoms with van der Waals surface area (Å²) in [4.78, 5) is 23.1. The van der Waals surface area contributed by atoms with Crippen molar-refractivity contribution < 1.29 is 23.8 Å². The molecule has 1 aromatic carbocycles. The minimum atomic E-state index is -1.00. The van der Waals surface area contributed by atoms with E-state index < -0.39 is 11.9 Å². The van der Waals surface area contributed by atoms with Crippen molar-refractivity contribution in [1.29, 1.82) is 5.26 Å². The Morgan fingerprint density at radius 2 is 2.04 bits per heavy atom. The number of rotatable bonds is 6. The summed E-state index contributed by atoms with van der Waals surface area (Å²) >= 11 is 0. The Bertz CT molecular complexity index is 899. The number of benzene rings is 1. The molecule has 2 aromatic rings. The van der Waals surface area contributed by atoms with Gasteiger partial charge in [-0.05, 0) is 37.1 Å². The zero-order chi connectivity index (χ0) is 19.2. The van der Waals surface area contributed by atoms with Crippen molar-refractivity contribution in [3.05, 3.63) is 53.3 Å². The molecule has 7 nitrogen and oxygen atoms in total. The van der Waals surface area contributed by atoms with E-state index in [2.05, 4.69) is 5.32 Å². The first-order chi connectivity index (χ1) is 13.1. The highest BCUT2D eigenvalue weighted by Crippen LogP contribution is 2.24. The van der Waals surface area contributed by atoms with E-state index in [1.54, 1.807) is 24.3 Å². The average Bonchev–Trinajstić information content (AvgIpc) is 3.36. The van der Waals surface area contributed by atoms with Gasteiger partial charge in [0.05, 0.1) is 11.7 Å². The van der Waals surface area contributed by atoms with Gasteiger partial charge in [0.15, 0.2) is 0 Å². The van der Waals surface area contributed by atoms with Crippen LogP contribution < -0.4 is 5.32 Å². The van der Waals surface area contributed by atoms with E-state index in [-0.39, 0.29) is 17.2 Å². The van der Waals surface area contributed by atoms with Gasteiger partial charge < -0.3 is 19.6 Å². The number of ether oxygens (including phenoxy) is 1. The molecule has 27 heavy (non-hydrogen) atoms. The Morgan fingerprint density at radius 1 is 1.26 bits per heavy atom. The normalized spacial score (nSPS) is 16.7. The Hall–Kier alpha value is -3.37. The largest absolute Gasteiger partial charge is 0.478 e. The Kier molecular flexibility index (Phi) is 5.69. The molecule has 3 rings (SSSR count). The molecule has 0 radical (unpaired) electrons. The summed E-state index contributed by atoms with van der Waals surface area (Å²) < 4.78 is 11.1. The predicted molar refractivity (Wildman–Crippen MR) is 96.7 cm³/mol. The van der Waals surface area contributed by atoms with Gasteiger partial charge in [0.1, 0.15) is 23.2 Å². The highest BCUT2D eigenvalue weighted by atomic mass is 16.5. The molecule has 0 spiro atoms. The number of hydrogen-bond acceptors (Lipinski definition) is 5. The Morgan fingerprint density at radius 3 is 2.67 bits per heavy atom. The molecule has 0 aliphatic carbocycles. The van der Waals surface area contributed by atoms with E-state index in [0.717, 1.165) is 12.8 Å². The minimum absolute atomic E-state index is 0.00196. The third kappa shape index (κ3) is 4.63. The molecule has 1 aliphatic heterocycles. The number of carboxylic acid groups (broad SMARTS) is 1. The molecule has 0 saturated carbocycles. The number of carbonyl (C=O) groups is 2. The van der Waals surface area contributed by atoms with Crippen LogP contribution in [0.2, 0.25) is 0 Å². The van der Waals surface area contributed by atoms with Crippen LogP contribution in [0.4, 0.5) is 0 Å². The number of hydrogen-bond donors (Lipinski definition) is 2. The lowest BCUT2D eigenvalue weighted by atomic mass is 10.1. The molecule has 1 saturated heterocycles.